The Kier molecular flexibility index (Phi) is 4.55. The van der Waals surface area contributed by atoms with Crippen molar-refractivity contribution in [2.24, 2.45) is 14.1 Å². The summed E-state index contributed by atoms with van der Waals surface area (Å²) in [7, 11) is 3.41. The average molecular weight is 360 g/mol. The van der Waals surface area contributed by atoms with Crippen molar-refractivity contribution in [2.45, 2.75) is 13.0 Å². The summed E-state index contributed by atoms with van der Waals surface area (Å²) < 4.78 is 8.71. The molecule has 0 aliphatic rings. The van der Waals surface area contributed by atoms with Gasteiger partial charge in [-0.1, -0.05) is 11.6 Å². The molecule has 1 heterocycles. The number of benzene rings is 2. The fourth-order valence-electron chi connectivity index (χ4n) is 2.60. The van der Waals surface area contributed by atoms with Crippen LogP contribution in [0.5, 0.6) is 5.75 Å². The monoisotopic (exact) mass is 359 g/mol. The van der Waals surface area contributed by atoms with Gasteiger partial charge < -0.3 is 10.1 Å². The molecule has 0 aliphatic heterocycles. The van der Waals surface area contributed by atoms with Gasteiger partial charge in [0.15, 0.2) is 6.10 Å². The lowest BCUT2D eigenvalue weighted by molar-refractivity contribution is -0.122. The Labute approximate surface area is 149 Å². The molecule has 2 aromatic carbocycles. The van der Waals surface area contributed by atoms with E-state index in [1.165, 1.54) is 0 Å². The second-order valence-corrected chi connectivity index (χ2v) is 6.24. The van der Waals surface area contributed by atoms with E-state index in [4.69, 9.17) is 16.3 Å². The summed E-state index contributed by atoms with van der Waals surface area (Å²) in [6.45, 7) is 1.67. The summed E-state index contributed by atoms with van der Waals surface area (Å²) in [5.41, 5.74) is 2.04. The SMILES string of the molecule is CC(Oc1ccc(Cl)cc1)C(=O)Nc1ccc2c(c1)n(C)c(=O)n2C. The third-order valence-corrected chi connectivity index (χ3v) is 4.29. The van der Waals surface area contributed by atoms with E-state index in [0.717, 1.165) is 11.0 Å². The minimum absolute atomic E-state index is 0.113. The number of nitrogens with zero attached hydrogens (tertiary/aromatic N) is 2. The van der Waals surface area contributed by atoms with Gasteiger partial charge in [-0.15, -0.1) is 0 Å². The van der Waals surface area contributed by atoms with Crippen LogP contribution in [0.25, 0.3) is 11.0 Å². The Bertz CT molecular complexity index is 989. The zero-order valence-corrected chi connectivity index (χ0v) is 14.9. The Morgan fingerprint density at radius 3 is 2.40 bits per heavy atom. The Hall–Kier alpha value is -2.73. The largest absolute Gasteiger partial charge is 0.481 e. The maximum absolute atomic E-state index is 12.3. The standard InChI is InChI=1S/C18H18ClN3O3/c1-11(25-14-7-4-12(19)5-8-14)17(23)20-13-6-9-15-16(10-13)22(3)18(24)21(15)2/h4-11H,1-3H3,(H,20,23). The molecular weight excluding hydrogens is 342 g/mol. The lowest BCUT2D eigenvalue weighted by atomic mass is 10.2. The van der Waals surface area contributed by atoms with Crippen molar-refractivity contribution in [3.05, 3.63) is 58.0 Å². The first kappa shape index (κ1) is 17.1. The first-order valence-corrected chi connectivity index (χ1v) is 8.13. The molecule has 6 nitrogen and oxygen atoms in total. The maximum atomic E-state index is 12.3. The molecule has 0 fully saturated rings. The zero-order valence-electron chi connectivity index (χ0n) is 14.1. The molecule has 0 spiro atoms. The summed E-state index contributed by atoms with van der Waals surface area (Å²) in [6, 6.07) is 12.1. The molecule has 0 bridgehead atoms. The average Bonchev–Trinajstić information content (AvgIpc) is 2.81. The first-order valence-electron chi connectivity index (χ1n) is 7.75. The van der Waals surface area contributed by atoms with Crippen LogP contribution in [0, 0.1) is 0 Å². The smallest absolute Gasteiger partial charge is 0.328 e. The number of rotatable bonds is 4. The molecule has 3 aromatic rings. The predicted molar refractivity (Wildman–Crippen MR) is 98.3 cm³/mol. The maximum Gasteiger partial charge on any atom is 0.328 e. The highest BCUT2D eigenvalue weighted by molar-refractivity contribution is 6.30. The number of hydrogen-bond acceptors (Lipinski definition) is 3. The van der Waals surface area contributed by atoms with Crippen molar-refractivity contribution in [2.75, 3.05) is 5.32 Å². The van der Waals surface area contributed by atoms with Gasteiger partial charge in [0.05, 0.1) is 11.0 Å². The van der Waals surface area contributed by atoms with Crippen molar-refractivity contribution >= 4 is 34.2 Å². The first-order chi connectivity index (χ1) is 11.9. The summed E-state index contributed by atoms with van der Waals surface area (Å²) >= 11 is 5.83. The molecule has 0 aliphatic carbocycles. The number of ether oxygens (including phenoxy) is 1. The van der Waals surface area contributed by atoms with Crippen LogP contribution in [0.2, 0.25) is 5.02 Å². The number of aryl methyl sites for hydroxylation is 2. The Morgan fingerprint density at radius 1 is 1.08 bits per heavy atom. The van der Waals surface area contributed by atoms with Crippen molar-refractivity contribution in [3.8, 4) is 5.75 Å². The van der Waals surface area contributed by atoms with E-state index in [0.29, 0.717) is 16.5 Å². The van der Waals surface area contributed by atoms with Gasteiger partial charge in [-0.05, 0) is 49.4 Å². The van der Waals surface area contributed by atoms with Crippen molar-refractivity contribution < 1.29 is 9.53 Å². The number of imidazole rings is 1. The summed E-state index contributed by atoms with van der Waals surface area (Å²) in [6.07, 6.45) is -0.684. The molecule has 1 aromatic heterocycles. The van der Waals surface area contributed by atoms with Crippen LogP contribution in [0.1, 0.15) is 6.92 Å². The third kappa shape index (κ3) is 3.39. The van der Waals surface area contributed by atoms with Crippen LogP contribution in [0.4, 0.5) is 5.69 Å². The van der Waals surface area contributed by atoms with Crippen molar-refractivity contribution in [3.63, 3.8) is 0 Å². The topological polar surface area (TPSA) is 65.3 Å². The molecule has 0 radical (unpaired) electrons. The number of nitrogens with one attached hydrogen (secondary N) is 1. The number of fused-ring (bicyclic) bond motifs is 1. The van der Waals surface area contributed by atoms with Crippen LogP contribution < -0.4 is 15.7 Å². The lowest BCUT2D eigenvalue weighted by Gasteiger charge is -2.15. The molecule has 3 rings (SSSR count). The van der Waals surface area contributed by atoms with Crippen molar-refractivity contribution in [1.29, 1.82) is 0 Å². The minimum Gasteiger partial charge on any atom is -0.481 e. The molecule has 1 atom stereocenters. The number of anilines is 1. The van der Waals surface area contributed by atoms with Gasteiger partial charge in [-0.25, -0.2) is 4.79 Å². The van der Waals surface area contributed by atoms with E-state index in [-0.39, 0.29) is 11.6 Å². The quantitative estimate of drug-likeness (QED) is 0.779. The van der Waals surface area contributed by atoms with E-state index in [1.807, 2.05) is 0 Å². The summed E-state index contributed by atoms with van der Waals surface area (Å²) in [4.78, 5) is 24.3. The zero-order chi connectivity index (χ0) is 18.1. The van der Waals surface area contributed by atoms with Crippen LogP contribution >= 0.6 is 11.6 Å². The Morgan fingerprint density at radius 2 is 1.72 bits per heavy atom. The lowest BCUT2D eigenvalue weighted by Crippen LogP contribution is -2.30. The van der Waals surface area contributed by atoms with Gasteiger partial charge in [-0.2, -0.15) is 0 Å². The van der Waals surface area contributed by atoms with E-state index < -0.39 is 6.10 Å². The summed E-state index contributed by atoms with van der Waals surface area (Å²) in [5, 5.41) is 3.41. The molecule has 0 saturated heterocycles. The number of halogens is 1. The molecule has 130 valence electrons. The van der Waals surface area contributed by atoms with Crippen LogP contribution in [-0.4, -0.2) is 21.1 Å². The van der Waals surface area contributed by atoms with E-state index in [9.17, 15) is 9.59 Å². The van der Waals surface area contributed by atoms with Gasteiger partial charge in [-0.3, -0.25) is 13.9 Å². The molecular formula is C18H18ClN3O3. The van der Waals surface area contributed by atoms with Gasteiger partial charge in [0.25, 0.3) is 5.91 Å². The number of aromatic nitrogens is 2. The van der Waals surface area contributed by atoms with Gasteiger partial charge in [0.2, 0.25) is 0 Å². The van der Waals surface area contributed by atoms with Gasteiger partial charge >= 0.3 is 5.69 Å². The number of carbonyl (C=O) groups is 1. The molecule has 1 unspecified atom stereocenters. The highest BCUT2D eigenvalue weighted by Gasteiger charge is 2.16. The second kappa shape index (κ2) is 6.64. The number of carbonyl (C=O) groups excluding carboxylic acids is 1. The predicted octanol–water partition coefficient (Wildman–Crippen LogP) is 2.94. The molecule has 1 amide bonds. The van der Waals surface area contributed by atoms with Crippen LogP contribution in [-0.2, 0) is 18.9 Å². The molecule has 25 heavy (non-hydrogen) atoms. The van der Waals surface area contributed by atoms with E-state index >= 15 is 0 Å². The van der Waals surface area contributed by atoms with Crippen molar-refractivity contribution in [1.82, 2.24) is 9.13 Å². The molecule has 1 N–H and O–H groups in total. The number of amides is 1. The van der Waals surface area contributed by atoms with E-state index in [1.54, 1.807) is 72.6 Å². The minimum atomic E-state index is -0.684. The summed E-state index contributed by atoms with van der Waals surface area (Å²) in [5.74, 6) is 0.281. The highest BCUT2D eigenvalue weighted by Crippen LogP contribution is 2.19. The van der Waals surface area contributed by atoms with Gasteiger partial charge in [0, 0.05) is 24.8 Å². The second-order valence-electron chi connectivity index (χ2n) is 5.81. The van der Waals surface area contributed by atoms with E-state index in [2.05, 4.69) is 5.32 Å². The number of hydrogen-bond donors (Lipinski definition) is 1. The van der Waals surface area contributed by atoms with Crippen LogP contribution in [0.15, 0.2) is 47.3 Å². The molecule has 0 saturated carbocycles. The fourth-order valence-corrected chi connectivity index (χ4v) is 2.73. The van der Waals surface area contributed by atoms with Crippen LogP contribution in [0.3, 0.4) is 0 Å². The highest BCUT2D eigenvalue weighted by atomic mass is 35.5. The third-order valence-electron chi connectivity index (χ3n) is 4.04. The van der Waals surface area contributed by atoms with Gasteiger partial charge in [0.1, 0.15) is 5.75 Å². The fraction of sp³-hybridized carbons (Fsp3) is 0.222. The molecule has 7 heteroatoms. The Balaban J connectivity index is 1.76. The normalized spacial score (nSPS) is 12.2.